The Balaban J connectivity index is 1.78. The van der Waals surface area contributed by atoms with Crippen molar-refractivity contribution in [2.75, 3.05) is 25.0 Å². The number of anilines is 1. The van der Waals surface area contributed by atoms with E-state index in [0.717, 1.165) is 31.2 Å². The zero-order chi connectivity index (χ0) is 24.1. The molecule has 0 radical (unpaired) electrons. The number of hydrogen-bond acceptors (Lipinski definition) is 5. The summed E-state index contributed by atoms with van der Waals surface area (Å²) in [6, 6.07) is 10.9. The molecule has 0 spiro atoms. The van der Waals surface area contributed by atoms with Gasteiger partial charge in [0.1, 0.15) is 12.4 Å². The Morgan fingerprint density at radius 3 is 2.36 bits per heavy atom. The van der Waals surface area contributed by atoms with E-state index in [1.54, 1.807) is 24.3 Å². The third-order valence-electron chi connectivity index (χ3n) is 4.67. The minimum absolute atomic E-state index is 0.105. The minimum atomic E-state index is -4.81. The maximum atomic E-state index is 12.9. The molecule has 0 amide bonds. The van der Waals surface area contributed by atoms with Gasteiger partial charge in [-0.2, -0.15) is 0 Å². The Hall–Kier alpha value is -2.26. The van der Waals surface area contributed by atoms with E-state index in [1.807, 2.05) is 0 Å². The lowest BCUT2D eigenvalue weighted by molar-refractivity contribution is -0.274. The molecule has 0 saturated carbocycles. The predicted molar refractivity (Wildman–Crippen MR) is 118 cm³/mol. The molecule has 0 aliphatic rings. The summed E-state index contributed by atoms with van der Waals surface area (Å²) < 4.78 is 70.6. The van der Waals surface area contributed by atoms with Crippen molar-refractivity contribution in [3.63, 3.8) is 0 Å². The molecule has 0 aliphatic heterocycles. The highest BCUT2D eigenvalue weighted by atomic mass is 31.1. The highest BCUT2D eigenvalue weighted by molar-refractivity contribution is 7.32. The summed E-state index contributed by atoms with van der Waals surface area (Å²) >= 11 is 0. The second-order valence-electron chi connectivity index (χ2n) is 7.34. The quantitative estimate of drug-likeness (QED) is 0.169. The first-order chi connectivity index (χ1) is 15.7. The van der Waals surface area contributed by atoms with Gasteiger partial charge < -0.3 is 15.4 Å². The van der Waals surface area contributed by atoms with Crippen LogP contribution in [0.4, 0.5) is 23.2 Å². The SMILES string of the molecule is O=[P+](O)OCCCNCc1ccc(NCCCCCc2ccc(F)cc2)c(OC(F)(F)F)c1. The van der Waals surface area contributed by atoms with Crippen LogP contribution >= 0.6 is 8.25 Å². The number of benzene rings is 2. The molecule has 0 bridgehead atoms. The van der Waals surface area contributed by atoms with Crippen LogP contribution in [0.3, 0.4) is 0 Å². The minimum Gasteiger partial charge on any atom is -0.404 e. The molecule has 33 heavy (non-hydrogen) atoms. The number of halogens is 4. The van der Waals surface area contributed by atoms with Crippen LogP contribution in [0.2, 0.25) is 0 Å². The van der Waals surface area contributed by atoms with Crippen LogP contribution in [0, 0.1) is 5.82 Å². The van der Waals surface area contributed by atoms with Crippen LogP contribution < -0.4 is 15.4 Å². The monoisotopic (exact) mass is 491 g/mol. The zero-order valence-electron chi connectivity index (χ0n) is 18.0. The highest BCUT2D eigenvalue weighted by Gasteiger charge is 2.32. The second kappa shape index (κ2) is 14.1. The first-order valence-corrected chi connectivity index (χ1v) is 11.7. The molecule has 0 aromatic heterocycles. The molecule has 0 saturated heterocycles. The van der Waals surface area contributed by atoms with E-state index in [0.29, 0.717) is 31.6 Å². The van der Waals surface area contributed by atoms with E-state index in [2.05, 4.69) is 19.9 Å². The lowest BCUT2D eigenvalue weighted by Gasteiger charge is -2.16. The van der Waals surface area contributed by atoms with Crippen molar-refractivity contribution in [3.05, 3.63) is 59.4 Å². The molecule has 1 unspecified atom stereocenters. The van der Waals surface area contributed by atoms with Gasteiger partial charge in [0.05, 0.1) is 5.69 Å². The average Bonchev–Trinajstić information content (AvgIpc) is 2.74. The molecule has 2 aromatic rings. The van der Waals surface area contributed by atoms with Gasteiger partial charge in [0, 0.05) is 17.7 Å². The zero-order valence-corrected chi connectivity index (χ0v) is 18.9. The molecule has 1 atom stereocenters. The maximum Gasteiger partial charge on any atom is 0.694 e. The fourth-order valence-electron chi connectivity index (χ4n) is 3.11. The highest BCUT2D eigenvalue weighted by Crippen LogP contribution is 2.31. The molecule has 6 nitrogen and oxygen atoms in total. The normalized spacial score (nSPS) is 12.0. The van der Waals surface area contributed by atoms with Gasteiger partial charge >= 0.3 is 14.6 Å². The summed E-state index contributed by atoms with van der Waals surface area (Å²) in [6.07, 6.45) is -0.990. The van der Waals surface area contributed by atoms with Crippen molar-refractivity contribution >= 4 is 13.9 Å². The van der Waals surface area contributed by atoms with Gasteiger partial charge in [0.25, 0.3) is 0 Å². The molecule has 11 heteroatoms. The Morgan fingerprint density at radius 1 is 0.939 bits per heavy atom. The number of alkyl halides is 3. The van der Waals surface area contributed by atoms with Crippen molar-refractivity contribution in [1.82, 2.24) is 5.32 Å². The van der Waals surface area contributed by atoms with Crippen LogP contribution in [0.15, 0.2) is 42.5 Å². The predicted octanol–water partition coefficient (Wildman–Crippen LogP) is 5.70. The molecular weight excluding hydrogens is 463 g/mol. The number of nitrogens with one attached hydrogen (secondary N) is 2. The lowest BCUT2D eigenvalue weighted by Crippen LogP contribution is -2.19. The summed E-state index contributed by atoms with van der Waals surface area (Å²) in [5.74, 6) is -0.567. The topological polar surface area (TPSA) is 79.8 Å². The summed E-state index contributed by atoms with van der Waals surface area (Å²) in [5.41, 5.74) is 1.91. The van der Waals surface area contributed by atoms with E-state index < -0.39 is 14.6 Å². The van der Waals surface area contributed by atoms with Crippen molar-refractivity contribution < 1.29 is 36.3 Å². The standard InChI is InChI=1S/C22H27F4N2O4P/c23-19-9-6-17(7-10-19)5-2-1-3-13-28-20-11-8-18(15-21(20)32-22(24,25)26)16-27-12-4-14-31-33(29)30/h6-11,15,27-28H,1-5,12-14,16H2/p+1. The van der Waals surface area contributed by atoms with E-state index in [1.165, 1.54) is 18.2 Å². The van der Waals surface area contributed by atoms with Crippen molar-refractivity contribution in [1.29, 1.82) is 0 Å². The van der Waals surface area contributed by atoms with E-state index in [4.69, 9.17) is 4.89 Å². The van der Waals surface area contributed by atoms with Gasteiger partial charge in [0.2, 0.25) is 0 Å². The van der Waals surface area contributed by atoms with Crippen LogP contribution in [0.25, 0.3) is 0 Å². The first kappa shape index (κ1) is 27.0. The number of ether oxygens (including phenoxy) is 1. The van der Waals surface area contributed by atoms with Gasteiger partial charge in [-0.05, 0) is 67.6 Å². The van der Waals surface area contributed by atoms with E-state index in [9.17, 15) is 22.1 Å². The molecule has 0 heterocycles. The van der Waals surface area contributed by atoms with E-state index >= 15 is 0 Å². The fourth-order valence-corrected chi connectivity index (χ4v) is 3.39. The smallest absolute Gasteiger partial charge is 0.404 e. The van der Waals surface area contributed by atoms with Gasteiger partial charge in [0.15, 0.2) is 5.75 Å². The second-order valence-corrected chi connectivity index (χ2v) is 8.08. The molecule has 3 N–H and O–H groups in total. The van der Waals surface area contributed by atoms with Crippen LogP contribution in [-0.4, -0.2) is 31.0 Å². The summed E-state index contributed by atoms with van der Waals surface area (Å²) in [4.78, 5) is 8.54. The third-order valence-corrected chi connectivity index (χ3v) is 5.07. The van der Waals surface area contributed by atoms with Crippen molar-refractivity contribution in [2.45, 2.75) is 45.0 Å². The largest absolute Gasteiger partial charge is 0.694 e. The number of rotatable bonds is 15. The maximum absolute atomic E-state index is 12.9. The first-order valence-electron chi connectivity index (χ1n) is 10.6. The van der Waals surface area contributed by atoms with Gasteiger partial charge in [-0.25, -0.2) is 4.39 Å². The van der Waals surface area contributed by atoms with Crippen LogP contribution in [0.1, 0.15) is 36.8 Å². The molecule has 0 aliphatic carbocycles. The molecular formula is C22H28F4N2O4P+. The van der Waals surface area contributed by atoms with Crippen molar-refractivity contribution in [2.24, 2.45) is 0 Å². The lowest BCUT2D eigenvalue weighted by atomic mass is 10.1. The Morgan fingerprint density at radius 2 is 1.67 bits per heavy atom. The van der Waals surface area contributed by atoms with Crippen LogP contribution in [-0.2, 0) is 22.1 Å². The molecule has 2 aromatic carbocycles. The Kier molecular flexibility index (Phi) is 11.5. The summed E-state index contributed by atoms with van der Waals surface area (Å²) in [5, 5.41) is 6.03. The molecule has 182 valence electrons. The third kappa shape index (κ3) is 12.0. The Labute approximate surface area is 191 Å². The van der Waals surface area contributed by atoms with Gasteiger partial charge in [-0.15, -0.1) is 22.6 Å². The van der Waals surface area contributed by atoms with Crippen LogP contribution in [0.5, 0.6) is 5.75 Å². The van der Waals surface area contributed by atoms with Crippen molar-refractivity contribution in [3.8, 4) is 5.75 Å². The molecule has 2 rings (SSSR count). The molecule has 0 fully saturated rings. The number of hydrogen-bond donors (Lipinski definition) is 3. The summed E-state index contributed by atoms with van der Waals surface area (Å²) in [6.45, 7) is 1.37. The average molecular weight is 491 g/mol. The van der Waals surface area contributed by atoms with Gasteiger partial charge in [-0.1, -0.05) is 24.6 Å². The van der Waals surface area contributed by atoms with Gasteiger partial charge in [-0.3, -0.25) is 0 Å². The number of aryl methyl sites for hydroxylation is 1. The Bertz CT molecular complexity index is 866. The number of unbranched alkanes of at least 4 members (excludes halogenated alkanes) is 2. The summed E-state index contributed by atoms with van der Waals surface area (Å²) in [7, 11) is -2.63. The fraction of sp³-hybridized carbons (Fsp3) is 0.455. The van der Waals surface area contributed by atoms with E-state index in [-0.39, 0.29) is 23.9 Å².